The van der Waals surface area contributed by atoms with Crippen LogP contribution in [-0.2, 0) is 0 Å². The molecule has 0 N–H and O–H groups in total. The Balaban J connectivity index is 1.15. The van der Waals surface area contributed by atoms with Crippen LogP contribution in [0.3, 0.4) is 0 Å². The van der Waals surface area contributed by atoms with Gasteiger partial charge in [-0.05, 0) is 105 Å². The van der Waals surface area contributed by atoms with Crippen molar-refractivity contribution in [2.75, 3.05) is 4.90 Å². The molecule has 226 valence electrons. The van der Waals surface area contributed by atoms with Gasteiger partial charge in [-0.1, -0.05) is 127 Å². The van der Waals surface area contributed by atoms with Crippen LogP contribution in [0.4, 0.5) is 17.1 Å². The van der Waals surface area contributed by atoms with Crippen LogP contribution in [0.2, 0.25) is 0 Å². The van der Waals surface area contributed by atoms with Crippen LogP contribution < -0.4 is 4.90 Å². The number of benzene rings is 8. The molecule has 0 aliphatic heterocycles. The SMILES string of the molecule is c1ccc(-c2ccc(N(c3cccc(-c4ccc5sc6ccc(-c7ccccc7)cc6c5c4)c3)c3ccc4ccccc4c3)cc2)cc1. The molecule has 0 aliphatic carbocycles. The summed E-state index contributed by atoms with van der Waals surface area (Å²) in [6, 6.07) is 68.2. The largest absolute Gasteiger partial charge is 0.310 e. The van der Waals surface area contributed by atoms with Gasteiger partial charge in [0, 0.05) is 37.2 Å². The average Bonchev–Trinajstić information content (AvgIpc) is 3.53. The Morgan fingerprint density at radius 1 is 0.292 bits per heavy atom. The van der Waals surface area contributed by atoms with Gasteiger partial charge >= 0.3 is 0 Å². The summed E-state index contributed by atoms with van der Waals surface area (Å²) >= 11 is 1.86. The number of hydrogen-bond donors (Lipinski definition) is 0. The summed E-state index contributed by atoms with van der Waals surface area (Å²) in [6.07, 6.45) is 0. The lowest BCUT2D eigenvalue weighted by Gasteiger charge is -2.26. The van der Waals surface area contributed by atoms with E-state index in [1.165, 1.54) is 64.3 Å². The molecule has 0 aliphatic rings. The predicted octanol–water partition coefficient (Wildman–Crippen LogP) is 13.7. The van der Waals surface area contributed by atoms with Crippen molar-refractivity contribution in [1.29, 1.82) is 0 Å². The van der Waals surface area contributed by atoms with Gasteiger partial charge in [-0.25, -0.2) is 0 Å². The van der Waals surface area contributed by atoms with Crippen LogP contribution in [0.5, 0.6) is 0 Å². The first-order chi connectivity index (χ1) is 23.8. The zero-order chi connectivity index (χ0) is 31.9. The van der Waals surface area contributed by atoms with Crippen molar-refractivity contribution in [3.05, 3.63) is 188 Å². The fraction of sp³-hybridized carbons (Fsp3) is 0. The van der Waals surface area contributed by atoms with Gasteiger partial charge in [-0.2, -0.15) is 0 Å². The molecule has 9 rings (SSSR count). The van der Waals surface area contributed by atoms with E-state index < -0.39 is 0 Å². The predicted molar refractivity (Wildman–Crippen MR) is 208 cm³/mol. The topological polar surface area (TPSA) is 3.24 Å². The fourth-order valence-corrected chi connectivity index (χ4v) is 7.86. The number of rotatable bonds is 6. The minimum Gasteiger partial charge on any atom is -0.310 e. The zero-order valence-electron chi connectivity index (χ0n) is 26.3. The number of anilines is 3. The molecule has 1 heterocycles. The van der Waals surface area contributed by atoms with Crippen LogP contribution in [0.1, 0.15) is 0 Å². The van der Waals surface area contributed by atoms with Crippen LogP contribution in [-0.4, -0.2) is 0 Å². The van der Waals surface area contributed by atoms with Crippen molar-refractivity contribution in [3.8, 4) is 33.4 Å². The summed E-state index contributed by atoms with van der Waals surface area (Å²) in [5.41, 5.74) is 10.7. The molecule has 1 aromatic heterocycles. The first kappa shape index (κ1) is 28.3. The van der Waals surface area contributed by atoms with Gasteiger partial charge in [0.1, 0.15) is 0 Å². The Morgan fingerprint density at radius 3 is 1.46 bits per heavy atom. The van der Waals surface area contributed by atoms with Crippen molar-refractivity contribution >= 4 is 59.3 Å². The van der Waals surface area contributed by atoms with Crippen LogP contribution in [0.25, 0.3) is 64.3 Å². The maximum Gasteiger partial charge on any atom is 0.0468 e. The van der Waals surface area contributed by atoms with Gasteiger partial charge in [0.05, 0.1) is 0 Å². The van der Waals surface area contributed by atoms with E-state index in [-0.39, 0.29) is 0 Å². The molecular formula is C46H31NS. The van der Waals surface area contributed by atoms with Gasteiger partial charge in [0.15, 0.2) is 0 Å². The third-order valence-electron chi connectivity index (χ3n) is 9.24. The van der Waals surface area contributed by atoms with E-state index in [1.54, 1.807) is 0 Å². The molecule has 0 fully saturated rings. The molecular weight excluding hydrogens is 599 g/mol. The van der Waals surface area contributed by atoms with Gasteiger partial charge in [-0.15, -0.1) is 11.3 Å². The molecule has 0 bridgehead atoms. The second kappa shape index (κ2) is 12.0. The molecule has 48 heavy (non-hydrogen) atoms. The molecule has 9 aromatic rings. The van der Waals surface area contributed by atoms with Crippen LogP contribution in [0, 0.1) is 0 Å². The second-order valence-electron chi connectivity index (χ2n) is 12.2. The highest BCUT2D eigenvalue weighted by atomic mass is 32.1. The standard InChI is InChI=1S/C46H31NS/c1-3-10-32(11-4-1)35-18-23-40(24-19-35)47(42-25-20-34-14-7-8-15-36(34)28-42)41-17-9-16-37(29-41)39-22-27-46-44(31-39)43-30-38(21-26-45(43)48-46)33-12-5-2-6-13-33/h1-31H. The van der Waals surface area contributed by atoms with E-state index in [1.807, 2.05) is 11.3 Å². The number of fused-ring (bicyclic) bond motifs is 4. The van der Waals surface area contributed by atoms with Crippen molar-refractivity contribution in [2.45, 2.75) is 0 Å². The minimum atomic E-state index is 1.12. The van der Waals surface area contributed by atoms with Gasteiger partial charge < -0.3 is 4.90 Å². The van der Waals surface area contributed by atoms with E-state index in [0.717, 1.165) is 17.1 Å². The molecule has 8 aromatic carbocycles. The maximum atomic E-state index is 2.37. The molecule has 1 nitrogen and oxygen atoms in total. The summed E-state index contributed by atoms with van der Waals surface area (Å²) in [7, 11) is 0. The first-order valence-electron chi connectivity index (χ1n) is 16.3. The number of nitrogens with zero attached hydrogens (tertiary/aromatic N) is 1. The summed E-state index contributed by atoms with van der Waals surface area (Å²) in [5, 5.41) is 5.08. The summed E-state index contributed by atoms with van der Waals surface area (Å²) in [4.78, 5) is 2.37. The minimum absolute atomic E-state index is 1.12. The molecule has 0 amide bonds. The fourth-order valence-electron chi connectivity index (χ4n) is 6.79. The van der Waals surface area contributed by atoms with Gasteiger partial charge in [-0.3, -0.25) is 0 Å². The summed E-state index contributed by atoms with van der Waals surface area (Å²) in [5.74, 6) is 0. The highest BCUT2D eigenvalue weighted by molar-refractivity contribution is 7.25. The molecule has 0 spiro atoms. The van der Waals surface area contributed by atoms with Crippen LogP contribution >= 0.6 is 11.3 Å². The summed E-state index contributed by atoms with van der Waals surface area (Å²) < 4.78 is 2.63. The Kier molecular flexibility index (Phi) is 7.07. The lowest BCUT2D eigenvalue weighted by Crippen LogP contribution is -2.10. The summed E-state index contributed by atoms with van der Waals surface area (Å²) in [6.45, 7) is 0. The number of thiophene rings is 1. The van der Waals surface area contributed by atoms with Crippen molar-refractivity contribution in [3.63, 3.8) is 0 Å². The Labute approximate surface area is 284 Å². The number of hydrogen-bond acceptors (Lipinski definition) is 2. The van der Waals surface area contributed by atoms with Crippen molar-refractivity contribution < 1.29 is 0 Å². The normalized spacial score (nSPS) is 11.3. The average molecular weight is 630 g/mol. The molecule has 0 saturated carbocycles. The molecule has 0 radical (unpaired) electrons. The van der Waals surface area contributed by atoms with Crippen molar-refractivity contribution in [1.82, 2.24) is 0 Å². The zero-order valence-corrected chi connectivity index (χ0v) is 27.1. The van der Waals surface area contributed by atoms with Gasteiger partial charge in [0.25, 0.3) is 0 Å². The van der Waals surface area contributed by atoms with Crippen LogP contribution in [0.15, 0.2) is 188 Å². The maximum absolute atomic E-state index is 2.37. The van der Waals surface area contributed by atoms with E-state index in [9.17, 15) is 0 Å². The van der Waals surface area contributed by atoms with Crippen molar-refractivity contribution in [2.24, 2.45) is 0 Å². The lowest BCUT2D eigenvalue weighted by atomic mass is 9.99. The highest BCUT2D eigenvalue weighted by Gasteiger charge is 2.15. The van der Waals surface area contributed by atoms with E-state index in [2.05, 4.69) is 193 Å². The molecule has 0 atom stereocenters. The molecule has 0 saturated heterocycles. The first-order valence-corrected chi connectivity index (χ1v) is 17.2. The second-order valence-corrected chi connectivity index (χ2v) is 13.3. The third-order valence-corrected chi connectivity index (χ3v) is 10.4. The lowest BCUT2D eigenvalue weighted by molar-refractivity contribution is 1.29. The Bertz CT molecular complexity index is 2550. The van der Waals surface area contributed by atoms with Gasteiger partial charge in [0.2, 0.25) is 0 Å². The van der Waals surface area contributed by atoms with E-state index >= 15 is 0 Å². The molecule has 0 unspecified atom stereocenters. The monoisotopic (exact) mass is 629 g/mol. The third kappa shape index (κ3) is 5.23. The molecule has 2 heteroatoms. The van der Waals surface area contributed by atoms with E-state index in [0.29, 0.717) is 0 Å². The Hall–Kier alpha value is -5.96. The highest BCUT2D eigenvalue weighted by Crippen LogP contribution is 2.41. The van der Waals surface area contributed by atoms with E-state index in [4.69, 9.17) is 0 Å². The Morgan fingerprint density at radius 2 is 0.771 bits per heavy atom. The smallest absolute Gasteiger partial charge is 0.0468 e. The quantitative estimate of drug-likeness (QED) is 0.177.